The molecule has 0 spiro atoms. The van der Waals surface area contributed by atoms with Crippen LogP contribution in [0.15, 0.2) is 71.9 Å². The smallest absolute Gasteiger partial charge is 0.290 e. The van der Waals surface area contributed by atoms with Crippen molar-refractivity contribution in [3.63, 3.8) is 0 Å². The summed E-state index contributed by atoms with van der Waals surface area (Å²) < 4.78 is 54.4. The van der Waals surface area contributed by atoms with Crippen LogP contribution in [-0.2, 0) is 14.8 Å². The van der Waals surface area contributed by atoms with Crippen LogP contribution in [0, 0.1) is 5.82 Å². The molecule has 2 aromatic carbocycles. The van der Waals surface area contributed by atoms with Crippen LogP contribution in [0.4, 0.5) is 20.2 Å². The summed E-state index contributed by atoms with van der Waals surface area (Å²) in [6, 6.07) is 10.6. The number of sulfonamides is 1. The fourth-order valence-electron chi connectivity index (χ4n) is 3.23. The molecule has 1 amide bonds. The zero-order chi connectivity index (χ0) is 23.8. The molecule has 4 rings (SSSR count). The molecule has 11 heteroatoms. The van der Waals surface area contributed by atoms with Crippen LogP contribution in [0.25, 0.3) is 11.0 Å². The number of nitrogens with zero attached hydrogens (tertiary/aromatic N) is 2. The van der Waals surface area contributed by atoms with E-state index >= 15 is 4.48 Å². The van der Waals surface area contributed by atoms with Gasteiger partial charge in [0.1, 0.15) is 11.5 Å². The second kappa shape index (κ2) is 8.43. The Labute approximate surface area is 186 Å². The molecule has 33 heavy (non-hydrogen) atoms. The zero-order valence-corrected chi connectivity index (χ0v) is 17.9. The number of carbonyl (C=O) groups is 2. The highest BCUT2D eigenvalue weighted by Gasteiger charge is 2.27. The van der Waals surface area contributed by atoms with E-state index in [1.165, 1.54) is 31.5 Å². The molecule has 0 aliphatic rings. The van der Waals surface area contributed by atoms with E-state index in [1.807, 2.05) is 0 Å². The second-order valence-electron chi connectivity index (χ2n) is 7.02. The van der Waals surface area contributed by atoms with Crippen LogP contribution < -0.4 is 9.84 Å². The largest absolute Gasteiger partial charge is 0.345 e. The van der Waals surface area contributed by atoms with E-state index in [2.05, 4.69) is 15.3 Å². The predicted octanol–water partition coefficient (Wildman–Crippen LogP) is 3.97. The molecule has 0 radical (unpaired) electrons. The number of nitrogens with one attached hydrogen (secondary N) is 2. The second-order valence-corrected chi connectivity index (χ2v) is 8.76. The maximum atomic E-state index is 15.0. The molecule has 0 fully saturated rings. The van der Waals surface area contributed by atoms with Gasteiger partial charge < -0.3 is 10.3 Å². The number of rotatable bonds is 6. The summed E-state index contributed by atoms with van der Waals surface area (Å²) >= 11 is 0. The molecule has 0 aliphatic heterocycles. The number of fused-ring (bicyclic) bond motifs is 1. The van der Waals surface area contributed by atoms with Gasteiger partial charge in [0.15, 0.2) is 5.78 Å². The van der Waals surface area contributed by atoms with Crippen LogP contribution in [-0.4, -0.2) is 30.1 Å². The standard InChI is InChI=1S/C22H16F2N4O4S/c1-13(29)27-14-4-7-16(8-5-14)33(31,32)28(24)15-6-9-20(23)18(11-15)21(30)19-12-26-22-17(19)3-2-10-25-22/h2-12H,1H3,(H,25,26)(H,27,29). The van der Waals surface area contributed by atoms with Crippen molar-refractivity contribution in [3.05, 3.63) is 83.9 Å². The average molecular weight is 470 g/mol. The summed E-state index contributed by atoms with van der Waals surface area (Å²) in [5.41, 5.74) is -0.208. The van der Waals surface area contributed by atoms with Gasteiger partial charge in [0.05, 0.1) is 16.1 Å². The van der Waals surface area contributed by atoms with Crippen LogP contribution >= 0.6 is 0 Å². The van der Waals surface area contributed by atoms with Crippen molar-refractivity contribution >= 4 is 44.1 Å². The number of carbonyl (C=O) groups excluding carboxylic acids is 2. The molecule has 4 aromatic rings. The lowest BCUT2D eigenvalue weighted by Gasteiger charge is -2.16. The molecule has 2 N–H and O–H groups in total. The van der Waals surface area contributed by atoms with E-state index in [9.17, 15) is 22.4 Å². The van der Waals surface area contributed by atoms with Gasteiger partial charge in [0, 0.05) is 36.0 Å². The molecule has 8 nitrogen and oxygen atoms in total. The summed E-state index contributed by atoms with van der Waals surface area (Å²) in [5.74, 6) is -2.06. The summed E-state index contributed by atoms with van der Waals surface area (Å²) in [4.78, 5) is 30.5. The summed E-state index contributed by atoms with van der Waals surface area (Å²) in [6.45, 7) is 1.29. The fraction of sp³-hybridized carbons (Fsp3) is 0.0455. The first-order chi connectivity index (χ1) is 15.7. The van der Waals surface area contributed by atoms with Gasteiger partial charge in [-0.05, 0) is 54.6 Å². The van der Waals surface area contributed by atoms with Gasteiger partial charge in [-0.1, -0.05) is 9.01 Å². The van der Waals surface area contributed by atoms with Crippen molar-refractivity contribution in [2.45, 2.75) is 11.8 Å². The number of hydrogen-bond donors (Lipinski definition) is 2. The van der Waals surface area contributed by atoms with Gasteiger partial charge in [0.2, 0.25) is 5.91 Å². The van der Waals surface area contributed by atoms with E-state index in [0.717, 1.165) is 30.3 Å². The van der Waals surface area contributed by atoms with E-state index < -0.39 is 42.3 Å². The van der Waals surface area contributed by atoms with Gasteiger partial charge in [0.25, 0.3) is 10.0 Å². The third kappa shape index (κ3) is 4.17. The zero-order valence-electron chi connectivity index (χ0n) is 17.0. The molecule has 168 valence electrons. The molecule has 0 saturated heterocycles. The Balaban J connectivity index is 1.68. The van der Waals surface area contributed by atoms with Gasteiger partial charge in [-0.15, -0.1) is 0 Å². The molecule has 0 bridgehead atoms. The highest BCUT2D eigenvalue weighted by atomic mass is 32.2. The topological polar surface area (TPSA) is 112 Å². The van der Waals surface area contributed by atoms with Crippen molar-refractivity contribution < 1.29 is 26.9 Å². The lowest BCUT2D eigenvalue weighted by Crippen LogP contribution is -2.23. The lowest BCUT2D eigenvalue weighted by atomic mass is 10.0. The third-order valence-corrected chi connectivity index (χ3v) is 6.28. The number of ketones is 1. The van der Waals surface area contributed by atoms with Gasteiger partial charge in [-0.2, -0.15) is 8.42 Å². The number of pyridine rings is 1. The fourth-order valence-corrected chi connectivity index (χ4v) is 4.29. The highest BCUT2D eigenvalue weighted by Crippen LogP contribution is 2.29. The first-order valence-electron chi connectivity index (χ1n) is 9.53. The molecule has 0 unspecified atom stereocenters. The first kappa shape index (κ1) is 22.1. The van der Waals surface area contributed by atoms with E-state index in [1.54, 1.807) is 12.1 Å². The van der Waals surface area contributed by atoms with Crippen molar-refractivity contribution in [2.75, 3.05) is 9.84 Å². The molecule has 0 atom stereocenters. The number of hydrogen-bond acceptors (Lipinski definition) is 5. The van der Waals surface area contributed by atoms with Crippen LogP contribution in [0.2, 0.25) is 0 Å². The minimum atomic E-state index is -4.68. The lowest BCUT2D eigenvalue weighted by molar-refractivity contribution is -0.114. The van der Waals surface area contributed by atoms with Crippen molar-refractivity contribution in [1.29, 1.82) is 0 Å². The van der Waals surface area contributed by atoms with Crippen molar-refractivity contribution in [2.24, 2.45) is 0 Å². The first-order valence-corrected chi connectivity index (χ1v) is 11.0. The van der Waals surface area contributed by atoms with Crippen molar-refractivity contribution in [1.82, 2.24) is 9.97 Å². The van der Waals surface area contributed by atoms with Gasteiger partial charge in [-0.25, -0.2) is 9.37 Å². The minimum absolute atomic E-state index is 0.107. The third-order valence-electron chi connectivity index (χ3n) is 4.78. The number of halogens is 2. The van der Waals surface area contributed by atoms with E-state index in [4.69, 9.17) is 0 Å². The predicted molar refractivity (Wildman–Crippen MR) is 117 cm³/mol. The number of H-pyrrole nitrogens is 1. The number of benzene rings is 2. The van der Waals surface area contributed by atoms with E-state index in [-0.39, 0.29) is 11.5 Å². The maximum absolute atomic E-state index is 15.0. The average Bonchev–Trinajstić information content (AvgIpc) is 3.22. The van der Waals surface area contributed by atoms with Crippen LogP contribution in [0.5, 0.6) is 0 Å². The molecule has 2 heterocycles. The van der Waals surface area contributed by atoms with Gasteiger partial charge in [-0.3, -0.25) is 9.59 Å². The maximum Gasteiger partial charge on any atom is 0.290 e. The Morgan fingerprint density at radius 3 is 2.48 bits per heavy atom. The summed E-state index contributed by atoms with van der Waals surface area (Å²) in [7, 11) is -4.68. The normalized spacial score (nSPS) is 11.4. The Morgan fingerprint density at radius 2 is 1.79 bits per heavy atom. The summed E-state index contributed by atoms with van der Waals surface area (Å²) in [6.07, 6.45) is 2.87. The monoisotopic (exact) mass is 470 g/mol. The molecule has 0 aliphatic carbocycles. The number of amides is 1. The Hall–Kier alpha value is -4.12. The summed E-state index contributed by atoms with van der Waals surface area (Å²) in [5, 5.41) is 2.91. The van der Waals surface area contributed by atoms with Crippen molar-refractivity contribution in [3.8, 4) is 0 Å². The Morgan fingerprint density at radius 1 is 1.06 bits per heavy atom. The molecule has 0 saturated carbocycles. The Kier molecular flexibility index (Phi) is 5.64. The molecular weight excluding hydrogens is 454 g/mol. The van der Waals surface area contributed by atoms with Crippen LogP contribution in [0.1, 0.15) is 22.8 Å². The minimum Gasteiger partial charge on any atom is -0.345 e. The number of aromatic amines is 1. The molecular formula is C22H16F2N4O4S. The van der Waals surface area contributed by atoms with Crippen LogP contribution in [0.3, 0.4) is 0 Å². The SMILES string of the molecule is CC(=O)Nc1ccc(S(=O)(=O)N(F)c2ccc(F)c(C(=O)c3c[nH]c4ncccc34)c2)cc1. The quantitative estimate of drug-likeness (QED) is 0.327. The molecule has 2 aromatic heterocycles. The van der Waals surface area contributed by atoms with E-state index in [0.29, 0.717) is 16.7 Å². The van der Waals surface area contributed by atoms with Gasteiger partial charge >= 0.3 is 0 Å². The Bertz CT molecular complexity index is 1480. The number of aromatic nitrogens is 2. The highest BCUT2D eigenvalue weighted by molar-refractivity contribution is 7.92. The number of anilines is 2.